The lowest BCUT2D eigenvalue weighted by Gasteiger charge is -2.37. The van der Waals surface area contributed by atoms with Crippen molar-refractivity contribution in [2.45, 2.75) is 50.7 Å². The normalized spacial score (nSPS) is 23.8. The Morgan fingerprint density at radius 3 is 2.31 bits per heavy atom. The summed E-state index contributed by atoms with van der Waals surface area (Å²) >= 11 is 0. The van der Waals surface area contributed by atoms with E-state index >= 15 is 0 Å². The summed E-state index contributed by atoms with van der Waals surface area (Å²) in [5.74, 6) is -0.552. The Hall–Kier alpha value is -1.83. The molecule has 1 saturated carbocycles. The highest BCUT2D eigenvalue weighted by Crippen LogP contribution is 2.28. The van der Waals surface area contributed by atoms with Gasteiger partial charge in [0.05, 0.1) is 5.69 Å². The van der Waals surface area contributed by atoms with Gasteiger partial charge in [0.1, 0.15) is 12.2 Å². The van der Waals surface area contributed by atoms with E-state index in [4.69, 9.17) is 0 Å². The molecule has 1 aromatic rings. The molecule has 4 nitrogen and oxygen atoms in total. The van der Waals surface area contributed by atoms with Gasteiger partial charge in [0.15, 0.2) is 0 Å². The van der Waals surface area contributed by atoms with E-state index in [0.29, 0.717) is 11.6 Å². The van der Waals surface area contributed by atoms with Crippen molar-refractivity contribution >= 4 is 11.6 Å². The number of halogens is 4. The van der Waals surface area contributed by atoms with Gasteiger partial charge in [-0.25, -0.2) is 4.39 Å². The molecule has 1 aromatic carbocycles. The number of piperazine rings is 1. The molecular weight excluding hydrogens is 386 g/mol. The number of nitrogens with one attached hydrogen (secondary N) is 1. The molecule has 8 heteroatoms. The fraction of sp³-hybridized carbons (Fsp3) is 0.667. The Balaban J connectivity index is 1.32. The van der Waals surface area contributed by atoms with Crippen LogP contribution in [0.15, 0.2) is 24.3 Å². The molecule has 29 heavy (non-hydrogen) atoms. The molecule has 0 bridgehead atoms. The molecule has 3 rings (SSSR count). The number of benzene rings is 1. The number of hydrogen-bond acceptors (Lipinski definition) is 3. The molecule has 1 amide bonds. The molecule has 0 spiro atoms. The third-order valence-electron chi connectivity index (χ3n) is 5.99. The highest BCUT2D eigenvalue weighted by Gasteiger charge is 2.32. The molecule has 162 valence electrons. The van der Waals surface area contributed by atoms with E-state index < -0.39 is 18.5 Å². The van der Waals surface area contributed by atoms with Gasteiger partial charge < -0.3 is 10.2 Å². The Kier molecular flexibility index (Phi) is 7.38. The molecule has 1 aliphatic carbocycles. The average Bonchev–Trinajstić information content (AvgIpc) is 2.67. The van der Waals surface area contributed by atoms with E-state index in [1.165, 1.54) is 6.07 Å². The van der Waals surface area contributed by atoms with Crippen LogP contribution in [-0.4, -0.2) is 55.7 Å². The minimum Gasteiger partial charge on any atom is -0.367 e. The molecule has 2 fully saturated rings. The van der Waals surface area contributed by atoms with Crippen LogP contribution in [0.25, 0.3) is 0 Å². The maximum Gasteiger partial charge on any atom is 0.397 e. The van der Waals surface area contributed by atoms with Crippen LogP contribution in [0.3, 0.4) is 0 Å². The summed E-state index contributed by atoms with van der Waals surface area (Å²) in [6.07, 6.45) is -1.42. The number of alkyl halides is 3. The number of nitrogens with zero attached hydrogens (tertiary/aromatic N) is 2. The molecular formula is C21H29F4N3O. The Labute approximate surface area is 169 Å². The van der Waals surface area contributed by atoms with Crippen LogP contribution in [0.2, 0.25) is 0 Å². The molecule has 1 heterocycles. The van der Waals surface area contributed by atoms with Crippen LogP contribution in [-0.2, 0) is 4.79 Å². The van der Waals surface area contributed by atoms with Crippen molar-refractivity contribution in [3.05, 3.63) is 30.1 Å². The molecule has 0 atom stereocenters. The lowest BCUT2D eigenvalue weighted by Crippen LogP contribution is -2.47. The fourth-order valence-electron chi connectivity index (χ4n) is 4.34. The van der Waals surface area contributed by atoms with Gasteiger partial charge in [-0.15, -0.1) is 0 Å². The van der Waals surface area contributed by atoms with Gasteiger partial charge in [-0.2, -0.15) is 13.2 Å². The van der Waals surface area contributed by atoms with Crippen molar-refractivity contribution in [2.75, 3.05) is 37.6 Å². The van der Waals surface area contributed by atoms with Gasteiger partial charge in [0.25, 0.3) is 0 Å². The van der Waals surface area contributed by atoms with Gasteiger partial charge >= 0.3 is 6.18 Å². The molecule has 0 aromatic heterocycles. The van der Waals surface area contributed by atoms with E-state index in [1.54, 1.807) is 6.07 Å². The first-order valence-electron chi connectivity index (χ1n) is 10.4. The number of carbonyl (C=O) groups is 1. The van der Waals surface area contributed by atoms with Crippen LogP contribution in [0.5, 0.6) is 0 Å². The second-order valence-corrected chi connectivity index (χ2v) is 8.15. The van der Waals surface area contributed by atoms with E-state index in [9.17, 15) is 22.4 Å². The summed E-state index contributed by atoms with van der Waals surface area (Å²) in [6.45, 7) is 4.40. The van der Waals surface area contributed by atoms with Crippen molar-refractivity contribution < 1.29 is 22.4 Å². The maximum absolute atomic E-state index is 13.9. The third-order valence-corrected chi connectivity index (χ3v) is 5.99. The first-order valence-corrected chi connectivity index (χ1v) is 10.4. The molecule has 1 N–H and O–H groups in total. The Morgan fingerprint density at radius 1 is 1.03 bits per heavy atom. The van der Waals surface area contributed by atoms with Crippen molar-refractivity contribution in [3.8, 4) is 0 Å². The highest BCUT2D eigenvalue weighted by atomic mass is 19.4. The van der Waals surface area contributed by atoms with Crippen LogP contribution >= 0.6 is 0 Å². The van der Waals surface area contributed by atoms with Gasteiger partial charge in [-0.1, -0.05) is 12.1 Å². The van der Waals surface area contributed by atoms with E-state index in [0.717, 1.165) is 64.8 Å². The molecule has 0 radical (unpaired) electrons. The second-order valence-electron chi connectivity index (χ2n) is 8.15. The summed E-state index contributed by atoms with van der Waals surface area (Å²) in [5, 5.41) is 2.52. The Bertz CT molecular complexity index is 666. The third kappa shape index (κ3) is 6.87. The number of para-hydroxylation sites is 1. The van der Waals surface area contributed by atoms with Crippen molar-refractivity contribution in [2.24, 2.45) is 5.92 Å². The highest BCUT2D eigenvalue weighted by molar-refractivity contribution is 5.76. The summed E-state index contributed by atoms with van der Waals surface area (Å²) in [5.41, 5.74) is 0.665. The first kappa shape index (κ1) is 21.9. The first-order chi connectivity index (χ1) is 13.8. The number of carbonyl (C=O) groups excluding carboxylic acids is 1. The van der Waals surface area contributed by atoms with Gasteiger partial charge in [0, 0.05) is 32.2 Å². The predicted molar refractivity (Wildman–Crippen MR) is 104 cm³/mol. The number of anilines is 1. The summed E-state index contributed by atoms with van der Waals surface area (Å²) in [6, 6.07) is 6.73. The second kappa shape index (κ2) is 9.78. The quantitative estimate of drug-likeness (QED) is 0.715. The number of rotatable bonds is 6. The van der Waals surface area contributed by atoms with Gasteiger partial charge in [0.2, 0.25) is 5.91 Å². The molecule has 1 saturated heterocycles. The Morgan fingerprint density at radius 2 is 1.69 bits per heavy atom. The van der Waals surface area contributed by atoms with Crippen LogP contribution in [0.1, 0.15) is 38.5 Å². The fourth-order valence-corrected chi connectivity index (χ4v) is 4.34. The smallest absolute Gasteiger partial charge is 0.367 e. The maximum atomic E-state index is 13.9. The zero-order valence-electron chi connectivity index (χ0n) is 16.6. The monoisotopic (exact) mass is 415 g/mol. The van der Waals surface area contributed by atoms with E-state index in [1.807, 2.05) is 12.1 Å². The lowest BCUT2D eigenvalue weighted by atomic mass is 9.84. The zero-order valence-corrected chi connectivity index (χ0v) is 16.6. The largest absolute Gasteiger partial charge is 0.397 e. The predicted octanol–water partition coefficient (Wildman–Crippen LogP) is 3.97. The number of amides is 1. The van der Waals surface area contributed by atoms with E-state index in [2.05, 4.69) is 15.1 Å². The zero-order chi connectivity index (χ0) is 20.9. The average molecular weight is 415 g/mol. The minimum absolute atomic E-state index is 0.134. The summed E-state index contributed by atoms with van der Waals surface area (Å²) < 4.78 is 50.7. The standard InChI is InChI=1S/C21H29F4N3O/c22-18-3-1-2-4-19(18)28-13-11-27(12-14-28)10-9-16-5-7-17(8-6-16)26-20(29)15-21(23,24)25/h1-4,16-17H,5-15H2,(H,26,29)/t16-,17-. The van der Waals surface area contributed by atoms with Gasteiger partial charge in [-0.05, 0) is 56.7 Å². The van der Waals surface area contributed by atoms with Crippen LogP contribution < -0.4 is 10.2 Å². The van der Waals surface area contributed by atoms with Crippen molar-refractivity contribution in [1.82, 2.24) is 10.2 Å². The summed E-state index contributed by atoms with van der Waals surface area (Å²) in [7, 11) is 0. The summed E-state index contributed by atoms with van der Waals surface area (Å²) in [4.78, 5) is 15.9. The van der Waals surface area contributed by atoms with Gasteiger partial charge in [-0.3, -0.25) is 9.69 Å². The topological polar surface area (TPSA) is 35.6 Å². The van der Waals surface area contributed by atoms with Crippen molar-refractivity contribution in [3.63, 3.8) is 0 Å². The van der Waals surface area contributed by atoms with E-state index in [-0.39, 0.29) is 11.9 Å². The molecule has 1 aliphatic heterocycles. The molecule has 2 aliphatic rings. The van der Waals surface area contributed by atoms with Crippen LogP contribution in [0, 0.1) is 11.7 Å². The minimum atomic E-state index is -4.45. The van der Waals surface area contributed by atoms with Crippen LogP contribution in [0.4, 0.5) is 23.2 Å². The number of hydrogen-bond donors (Lipinski definition) is 1. The van der Waals surface area contributed by atoms with Crippen molar-refractivity contribution in [1.29, 1.82) is 0 Å². The SMILES string of the molecule is O=C(CC(F)(F)F)N[C@H]1CC[C@H](CCN2CCN(c3ccccc3F)CC2)CC1. The molecule has 0 unspecified atom stereocenters. The lowest BCUT2D eigenvalue weighted by molar-refractivity contribution is -0.154.